The van der Waals surface area contributed by atoms with Gasteiger partial charge in [0.05, 0.1) is 17.4 Å². The average molecular weight is 362 g/mol. The zero-order valence-electron chi connectivity index (χ0n) is 12.7. The molecule has 130 valence electrons. The maximum atomic E-state index is 13.1. The van der Waals surface area contributed by atoms with Crippen LogP contribution in [0.5, 0.6) is 0 Å². The summed E-state index contributed by atoms with van der Waals surface area (Å²) in [6.07, 6.45) is -2.43. The molecule has 1 aromatic heterocycles. The van der Waals surface area contributed by atoms with Gasteiger partial charge in [0, 0.05) is 25.3 Å². The van der Waals surface area contributed by atoms with Crippen LogP contribution in [-0.2, 0) is 10.9 Å². The van der Waals surface area contributed by atoms with E-state index >= 15 is 0 Å². The molecule has 24 heavy (non-hydrogen) atoms. The quantitative estimate of drug-likeness (QED) is 0.732. The molecule has 0 saturated carbocycles. The van der Waals surface area contributed by atoms with E-state index < -0.39 is 11.7 Å². The van der Waals surface area contributed by atoms with Crippen LogP contribution in [0.3, 0.4) is 0 Å². The number of hydrogen-bond acceptors (Lipinski definition) is 6. The van der Waals surface area contributed by atoms with E-state index in [0.717, 1.165) is 12.5 Å². The highest BCUT2D eigenvalue weighted by molar-refractivity contribution is 6.30. The summed E-state index contributed by atoms with van der Waals surface area (Å²) in [5, 5.41) is 12.9. The fraction of sp³-hybridized carbons (Fsp3) is 0.357. The van der Waals surface area contributed by atoms with Crippen LogP contribution in [0, 0.1) is 0 Å². The van der Waals surface area contributed by atoms with Gasteiger partial charge in [0.1, 0.15) is 0 Å². The number of aromatic nitrogens is 3. The first kappa shape index (κ1) is 18.2. The Labute approximate surface area is 141 Å². The predicted molar refractivity (Wildman–Crippen MR) is 84.5 cm³/mol. The lowest BCUT2D eigenvalue weighted by Gasteiger charge is -2.14. The van der Waals surface area contributed by atoms with E-state index in [1.54, 1.807) is 7.11 Å². The van der Waals surface area contributed by atoms with Crippen molar-refractivity contribution in [3.63, 3.8) is 0 Å². The van der Waals surface area contributed by atoms with E-state index in [4.69, 9.17) is 16.3 Å². The Hall–Kier alpha value is -2.13. The fourth-order valence-electron chi connectivity index (χ4n) is 1.86. The van der Waals surface area contributed by atoms with Gasteiger partial charge in [-0.25, -0.2) is 0 Å². The van der Waals surface area contributed by atoms with Crippen LogP contribution in [0.15, 0.2) is 24.4 Å². The van der Waals surface area contributed by atoms with Gasteiger partial charge in [0.15, 0.2) is 5.82 Å². The first-order valence-electron chi connectivity index (χ1n) is 6.96. The Morgan fingerprint density at radius 2 is 2.08 bits per heavy atom. The molecular weight excluding hydrogens is 347 g/mol. The smallest absolute Gasteiger partial charge is 0.385 e. The van der Waals surface area contributed by atoms with Crippen molar-refractivity contribution in [3.05, 3.63) is 35.0 Å². The summed E-state index contributed by atoms with van der Waals surface area (Å²) in [5.41, 5.74) is -1.11. The average Bonchev–Trinajstić information content (AvgIpc) is 2.53. The van der Waals surface area contributed by atoms with Gasteiger partial charge in [0.25, 0.3) is 0 Å². The lowest BCUT2D eigenvalue weighted by Crippen LogP contribution is -2.11. The van der Waals surface area contributed by atoms with Crippen LogP contribution in [0.4, 0.5) is 30.6 Å². The standard InChI is InChI=1S/C14H15ClF3N5O/c1-24-6-2-5-19-12-8-20-23-13(22-12)21-11-4-3-9(15)7-10(11)14(16,17)18/h3-4,7-8H,2,5-6H2,1H3,(H2,19,21,22,23). The van der Waals surface area contributed by atoms with Gasteiger partial charge in [0.2, 0.25) is 5.95 Å². The fourth-order valence-corrected chi connectivity index (χ4v) is 2.03. The monoisotopic (exact) mass is 361 g/mol. The molecule has 2 rings (SSSR count). The van der Waals surface area contributed by atoms with Crippen molar-refractivity contribution in [2.45, 2.75) is 12.6 Å². The highest BCUT2D eigenvalue weighted by Gasteiger charge is 2.34. The van der Waals surface area contributed by atoms with Crippen LogP contribution in [-0.4, -0.2) is 35.4 Å². The number of nitrogens with one attached hydrogen (secondary N) is 2. The minimum atomic E-state index is -4.56. The molecule has 1 heterocycles. The topological polar surface area (TPSA) is 72.0 Å². The maximum absolute atomic E-state index is 13.1. The third-order valence-corrected chi connectivity index (χ3v) is 3.16. The molecule has 6 nitrogen and oxygen atoms in total. The Bertz CT molecular complexity index is 684. The second-order valence-corrected chi connectivity index (χ2v) is 5.19. The number of nitrogens with zero attached hydrogens (tertiary/aromatic N) is 3. The molecule has 2 aromatic rings. The van der Waals surface area contributed by atoms with Crippen LogP contribution >= 0.6 is 11.6 Å². The molecule has 2 N–H and O–H groups in total. The van der Waals surface area contributed by atoms with Crippen molar-refractivity contribution in [3.8, 4) is 0 Å². The molecule has 0 aliphatic heterocycles. The zero-order chi connectivity index (χ0) is 17.6. The summed E-state index contributed by atoms with van der Waals surface area (Å²) in [5.74, 6) is 0.339. The Morgan fingerprint density at radius 3 is 2.79 bits per heavy atom. The maximum Gasteiger partial charge on any atom is 0.418 e. The van der Waals surface area contributed by atoms with Crippen LogP contribution in [0.1, 0.15) is 12.0 Å². The molecule has 0 atom stereocenters. The van der Waals surface area contributed by atoms with Gasteiger partial charge in [-0.1, -0.05) is 11.6 Å². The molecule has 0 fully saturated rings. The van der Waals surface area contributed by atoms with E-state index in [1.165, 1.54) is 18.3 Å². The highest BCUT2D eigenvalue weighted by atomic mass is 35.5. The Kier molecular flexibility index (Phi) is 6.16. The molecule has 0 unspecified atom stereocenters. The number of halogens is 4. The summed E-state index contributed by atoms with van der Waals surface area (Å²) >= 11 is 5.64. The number of benzene rings is 1. The first-order chi connectivity index (χ1) is 11.4. The summed E-state index contributed by atoms with van der Waals surface area (Å²) in [7, 11) is 1.60. The van der Waals surface area contributed by atoms with Crippen molar-refractivity contribution >= 4 is 29.1 Å². The molecule has 0 aliphatic carbocycles. The van der Waals surface area contributed by atoms with Crippen molar-refractivity contribution in [2.24, 2.45) is 0 Å². The number of rotatable bonds is 7. The Balaban J connectivity index is 2.14. The summed E-state index contributed by atoms with van der Waals surface area (Å²) in [6, 6.07) is 3.40. The number of ether oxygens (including phenoxy) is 1. The van der Waals surface area contributed by atoms with Crippen LogP contribution < -0.4 is 10.6 Å². The minimum absolute atomic E-state index is 0.0134. The SMILES string of the molecule is COCCCNc1cnnc(Nc2ccc(Cl)cc2C(F)(F)F)n1. The second-order valence-electron chi connectivity index (χ2n) is 4.75. The number of hydrogen-bond donors (Lipinski definition) is 2. The summed E-state index contributed by atoms with van der Waals surface area (Å²) < 4.78 is 44.1. The first-order valence-corrected chi connectivity index (χ1v) is 7.34. The molecule has 0 bridgehead atoms. The van der Waals surface area contributed by atoms with Crippen molar-refractivity contribution in [1.29, 1.82) is 0 Å². The van der Waals surface area contributed by atoms with Crippen molar-refractivity contribution in [2.75, 3.05) is 30.9 Å². The zero-order valence-corrected chi connectivity index (χ0v) is 13.4. The molecule has 1 aromatic carbocycles. The molecule has 10 heteroatoms. The molecule has 0 saturated heterocycles. The van der Waals surface area contributed by atoms with E-state index in [2.05, 4.69) is 25.8 Å². The second kappa shape index (κ2) is 8.11. The molecule has 0 radical (unpaired) electrons. The van der Waals surface area contributed by atoms with Crippen LogP contribution in [0.25, 0.3) is 0 Å². The highest BCUT2D eigenvalue weighted by Crippen LogP contribution is 2.37. The van der Waals surface area contributed by atoms with E-state index in [1.807, 2.05) is 0 Å². The minimum Gasteiger partial charge on any atom is -0.385 e. The van der Waals surface area contributed by atoms with Gasteiger partial charge in [-0.15, -0.1) is 5.10 Å². The summed E-state index contributed by atoms with van der Waals surface area (Å²) in [6.45, 7) is 1.16. The van der Waals surface area contributed by atoms with Crippen molar-refractivity contribution < 1.29 is 17.9 Å². The summed E-state index contributed by atoms with van der Waals surface area (Å²) in [4.78, 5) is 4.07. The normalized spacial score (nSPS) is 11.4. The number of methoxy groups -OCH3 is 1. The number of anilines is 3. The van der Waals surface area contributed by atoms with E-state index in [0.29, 0.717) is 19.0 Å². The van der Waals surface area contributed by atoms with Crippen LogP contribution in [0.2, 0.25) is 5.02 Å². The van der Waals surface area contributed by atoms with Gasteiger partial charge >= 0.3 is 6.18 Å². The molecule has 0 spiro atoms. The third kappa shape index (κ3) is 5.20. The molecule has 0 amide bonds. The van der Waals surface area contributed by atoms with Gasteiger partial charge in [-0.3, -0.25) is 0 Å². The predicted octanol–water partition coefficient (Wildman–Crippen LogP) is 3.74. The lowest BCUT2D eigenvalue weighted by molar-refractivity contribution is -0.136. The lowest BCUT2D eigenvalue weighted by atomic mass is 10.1. The molecular formula is C14H15ClF3N5O. The van der Waals surface area contributed by atoms with Crippen molar-refractivity contribution in [1.82, 2.24) is 15.2 Å². The largest absolute Gasteiger partial charge is 0.418 e. The molecule has 0 aliphatic rings. The van der Waals surface area contributed by atoms with E-state index in [-0.39, 0.29) is 16.7 Å². The number of alkyl halides is 3. The van der Waals surface area contributed by atoms with Gasteiger partial charge in [-0.2, -0.15) is 23.3 Å². The Morgan fingerprint density at radius 1 is 1.29 bits per heavy atom. The van der Waals surface area contributed by atoms with E-state index in [9.17, 15) is 13.2 Å². The van der Waals surface area contributed by atoms with Gasteiger partial charge < -0.3 is 15.4 Å². The van der Waals surface area contributed by atoms with Gasteiger partial charge in [-0.05, 0) is 24.6 Å². The third-order valence-electron chi connectivity index (χ3n) is 2.92.